The summed E-state index contributed by atoms with van der Waals surface area (Å²) in [7, 11) is 0. The van der Waals surface area contributed by atoms with Gasteiger partial charge in [0, 0.05) is 11.6 Å². The molecule has 0 fully saturated rings. The van der Waals surface area contributed by atoms with Gasteiger partial charge in [-0.1, -0.05) is 18.2 Å². The minimum absolute atomic E-state index is 0. The van der Waals surface area contributed by atoms with Crippen LogP contribution < -0.4 is 0 Å². The van der Waals surface area contributed by atoms with Crippen LogP contribution in [0.1, 0.15) is 0 Å². The van der Waals surface area contributed by atoms with E-state index in [0.717, 1.165) is 5.39 Å². The van der Waals surface area contributed by atoms with Crippen molar-refractivity contribution in [1.82, 2.24) is 4.98 Å². The summed E-state index contributed by atoms with van der Waals surface area (Å²) < 4.78 is 0. The first-order chi connectivity index (χ1) is 5.38. The molecule has 4 heteroatoms. The Bertz CT molecular complexity index is 389. The number of fused-ring (bicyclic) bond motifs is 1. The van der Waals surface area contributed by atoms with Gasteiger partial charge in [0.1, 0.15) is 11.3 Å². The summed E-state index contributed by atoms with van der Waals surface area (Å²) in [6.45, 7) is 0. The molecule has 0 unspecified atom stereocenters. The summed E-state index contributed by atoms with van der Waals surface area (Å²) in [5, 5.41) is 10.3. The van der Waals surface area contributed by atoms with Crippen molar-refractivity contribution in [2.75, 3.05) is 0 Å². The van der Waals surface area contributed by atoms with Gasteiger partial charge in [-0.2, -0.15) is 0 Å². The Hall–Kier alpha value is -0.440. The molecule has 2 aromatic rings. The van der Waals surface area contributed by atoms with Gasteiger partial charge in [-0.05, 0) is 12.1 Å². The van der Waals surface area contributed by atoms with Gasteiger partial charge >= 0.3 is 18.9 Å². The molecule has 1 N–H and O–H groups in total. The van der Waals surface area contributed by atoms with E-state index < -0.39 is 0 Å². The molecule has 0 spiro atoms. The topological polar surface area (TPSA) is 33.1 Å². The standard InChI is InChI=1S/C9H7NO.Al.Li.4H/c11-8-5-1-3-7-4-2-6-10-9(7)8;;;;;;/h1-6,11H;;;;;;. The third-order valence-electron chi connectivity index (χ3n) is 1.61. The summed E-state index contributed by atoms with van der Waals surface area (Å²) in [5.41, 5.74) is 0.662. The first-order valence-electron chi connectivity index (χ1n) is 3.40. The van der Waals surface area contributed by atoms with E-state index in [2.05, 4.69) is 4.98 Å². The minimum atomic E-state index is 0. The molecule has 0 aliphatic rings. The maximum atomic E-state index is 9.31. The summed E-state index contributed by atoms with van der Waals surface area (Å²) in [6.07, 6.45) is 1.67. The fourth-order valence-corrected chi connectivity index (χ4v) is 1.09. The first-order valence-corrected chi connectivity index (χ1v) is 3.40. The fraction of sp³-hybridized carbons (Fsp3) is 0. The number of aromatic hydroxyl groups is 1. The predicted octanol–water partition coefficient (Wildman–Crippen LogP) is 0.108. The number of phenols is 1. The van der Waals surface area contributed by atoms with Gasteiger partial charge in [-0.25, -0.2) is 0 Å². The Morgan fingerprint density at radius 2 is 1.77 bits per heavy atom. The van der Waals surface area contributed by atoms with Gasteiger partial charge < -0.3 is 5.11 Å². The van der Waals surface area contributed by atoms with E-state index in [0.29, 0.717) is 5.52 Å². The molecule has 2 rings (SSSR count). The van der Waals surface area contributed by atoms with E-state index in [9.17, 15) is 5.11 Å². The third kappa shape index (κ3) is 2.50. The van der Waals surface area contributed by atoms with Crippen molar-refractivity contribution in [2.24, 2.45) is 0 Å². The van der Waals surface area contributed by atoms with E-state index in [-0.39, 0.29) is 42.0 Å². The van der Waals surface area contributed by atoms with E-state index >= 15 is 0 Å². The number of aromatic nitrogens is 1. The molecule has 2 nitrogen and oxygen atoms in total. The molecule has 0 saturated carbocycles. The number of hydrogen-bond donors (Lipinski definition) is 1. The molecule has 0 saturated heterocycles. The van der Waals surface area contributed by atoms with Crippen molar-refractivity contribution >= 4 is 47.1 Å². The number of para-hydroxylation sites is 1. The number of benzene rings is 1. The van der Waals surface area contributed by atoms with Crippen LogP contribution in [0, 0.1) is 0 Å². The second-order valence-corrected chi connectivity index (χ2v) is 2.35. The van der Waals surface area contributed by atoms with E-state index in [4.69, 9.17) is 0 Å². The predicted molar refractivity (Wildman–Crippen MR) is 60.5 cm³/mol. The van der Waals surface area contributed by atoms with Crippen molar-refractivity contribution < 1.29 is 5.11 Å². The van der Waals surface area contributed by atoms with Gasteiger partial charge in [0.25, 0.3) is 0 Å². The molecular formula is C9H11AlLiNO. The maximum absolute atomic E-state index is 9.31. The monoisotopic (exact) mass is 183 g/mol. The Morgan fingerprint density at radius 3 is 2.46 bits per heavy atom. The normalized spacial score (nSPS) is 8.62. The Kier molecular flexibility index (Phi) is 5.14. The first kappa shape index (κ1) is 12.6. The second-order valence-electron chi connectivity index (χ2n) is 2.35. The van der Waals surface area contributed by atoms with Crippen molar-refractivity contribution in [1.29, 1.82) is 0 Å². The van der Waals surface area contributed by atoms with Crippen molar-refractivity contribution in [2.45, 2.75) is 0 Å². The third-order valence-corrected chi connectivity index (χ3v) is 1.61. The quantitative estimate of drug-likeness (QED) is 0.588. The zero-order valence-corrected chi connectivity index (χ0v) is 5.86. The summed E-state index contributed by atoms with van der Waals surface area (Å²) in [5.74, 6) is 0.239. The van der Waals surface area contributed by atoms with Crippen LogP contribution in [0.25, 0.3) is 10.9 Å². The van der Waals surface area contributed by atoms with Gasteiger partial charge in [0.2, 0.25) is 0 Å². The van der Waals surface area contributed by atoms with Crippen LogP contribution in [0.5, 0.6) is 5.75 Å². The van der Waals surface area contributed by atoms with Crippen LogP contribution in [0.2, 0.25) is 0 Å². The molecule has 0 aliphatic carbocycles. The SMILES string of the molecule is Oc1cccc2cccnc12.[AlH3].[LiH]. The van der Waals surface area contributed by atoms with E-state index in [1.807, 2.05) is 18.2 Å². The van der Waals surface area contributed by atoms with Crippen molar-refractivity contribution in [3.05, 3.63) is 36.5 Å². The molecular weight excluding hydrogens is 172 g/mol. The molecule has 1 aromatic heterocycles. The van der Waals surface area contributed by atoms with Gasteiger partial charge in [-0.3, -0.25) is 4.98 Å². The van der Waals surface area contributed by atoms with E-state index in [1.165, 1.54) is 0 Å². The van der Waals surface area contributed by atoms with Crippen LogP contribution in [0.3, 0.4) is 0 Å². The summed E-state index contributed by atoms with van der Waals surface area (Å²) in [4.78, 5) is 4.03. The molecule has 1 heterocycles. The molecule has 1 aromatic carbocycles. The average Bonchev–Trinajstić information content (AvgIpc) is 2.06. The van der Waals surface area contributed by atoms with E-state index in [1.54, 1.807) is 18.3 Å². The van der Waals surface area contributed by atoms with Gasteiger partial charge in [-0.15, -0.1) is 0 Å². The number of pyridine rings is 1. The number of hydrogen-bond acceptors (Lipinski definition) is 2. The number of phenolic OH excluding ortho intramolecular Hbond substituents is 1. The Balaban J connectivity index is 0.000000720. The second kappa shape index (κ2) is 5.32. The van der Waals surface area contributed by atoms with Crippen molar-refractivity contribution in [3.8, 4) is 5.75 Å². The summed E-state index contributed by atoms with van der Waals surface area (Å²) in [6, 6.07) is 9.13. The number of rotatable bonds is 0. The van der Waals surface area contributed by atoms with Crippen LogP contribution in [-0.4, -0.2) is 46.3 Å². The zero-order valence-electron chi connectivity index (χ0n) is 5.86. The fourth-order valence-electron chi connectivity index (χ4n) is 1.09. The van der Waals surface area contributed by atoms with Crippen molar-refractivity contribution in [3.63, 3.8) is 0 Å². The molecule has 0 atom stereocenters. The molecule has 0 bridgehead atoms. The molecule has 0 aliphatic heterocycles. The molecule has 13 heavy (non-hydrogen) atoms. The van der Waals surface area contributed by atoms with Gasteiger partial charge in [0.15, 0.2) is 17.4 Å². The average molecular weight is 183 g/mol. The van der Waals surface area contributed by atoms with Gasteiger partial charge in [0.05, 0.1) is 0 Å². The zero-order chi connectivity index (χ0) is 7.68. The number of nitrogens with zero attached hydrogens (tertiary/aromatic N) is 1. The van der Waals surface area contributed by atoms with Crippen LogP contribution in [-0.2, 0) is 0 Å². The molecule has 0 amide bonds. The Morgan fingerprint density at radius 1 is 1.08 bits per heavy atom. The Labute approximate surface area is 99.3 Å². The summed E-state index contributed by atoms with van der Waals surface area (Å²) >= 11 is 0. The van der Waals surface area contributed by atoms with Crippen LogP contribution >= 0.6 is 0 Å². The van der Waals surface area contributed by atoms with Crippen LogP contribution in [0.4, 0.5) is 0 Å². The molecule has 62 valence electrons. The van der Waals surface area contributed by atoms with Crippen LogP contribution in [0.15, 0.2) is 36.5 Å². The molecule has 0 radical (unpaired) electrons.